The molecule has 2 heterocycles. The Bertz CT molecular complexity index is 374. The monoisotopic (exact) mass is 334 g/mol. The first-order valence-electron chi connectivity index (χ1n) is 7.55. The van der Waals surface area contributed by atoms with E-state index in [4.69, 9.17) is 0 Å². The van der Waals surface area contributed by atoms with Gasteiger partial charge in [-0.2, -0.15) is 0 Å². The van der Waals surface area contributed by atoms with Crippen LogP contribution in [0.25, 0.3) is 0 Å². The average molecular weight is 334 g/mol. The number of piperidine rings is 2. The van der Waals surface area contributed by atoms with Crippen molar-refractivity contribution in [1.82, 2.24) is 21.3 Å². The molecule has 2 aliphatic heterocycles. The number of amides is 2. The average Bonchev–Trinajstić information content (AvgIpc) is 2.48. The molecule has 0 aliphatic carbocycles. The van der Waals surface area contributed by atoms with Gasteiger partial charge in [-0.25, -0.2) is 14.2 Å². The van der Waals surface area contributed by atoms with E-state index in [9.17, 15) is 14.2 Å². The molecule has 0 aromatic carbocycles. The van der Waals surface area contributed by atoms with Gasteiger partial charge in [-0.15, -0.1) is 0 Å². The summed E-state index contributed by atoms with van der Waals surface area (Å²) < 4.78 is 20.7. The van der Waals surface area contributed by atoms with Crippen LogP contribution in [0.1, 0.15) is 25.7 Å². The lowest BCUT2D eigenvalue weighted by Crippen LogP contribution is -2.43. The fraction of sp³-hybridized carbons (Fsp3) is 0.833. The largest absolute Gasteiger partial charge is 0.425 e. The van der Waals surface area contributed by atoms with E-state index in [1.807, 2.05) is 0 Å². The van der Waals surface area contributed by atoms with E-state index in [1.54, 1.807) is 0 Å². The van der Waals surface area contributed by atoms with Crippen LogP contribution in [0, 0.1) is 0 Å². The van der Waals surface area contributed by atoms with E-state index < -0.39 is 20.4 Å². The Balaban J connectivity index is 1.63. The molecule has 10 heteroatoms. The quantitative estimate of drug-likeness (QED) is 0.547. The smallest absolute Gasteiger partial charge is 0.368 e. The first kappa shape index (κ1) is 17.1. The van der Waals surface area contributed by atoms with Crippen LogP contribution in [-0.4, -0.2) is 50.4 Å². The van der Waals surface area contributed by atoms with E-state index in [0.717, 1.165) is 51.9 Å². The molecule has 22 heavy (non-hydrogen) atoms. The Kier molecular flexibility index (Phi) is 6.95. The summed E-state index contributed by atoms with van der Waals surface area (Å²) in [6.45, 7) is 3.26. The van der Waals surface area contributed by atoms with Crippen molar-refractivity contribution in [1.29, 1.82) is 0 Å². The van der Waals surface area contributed by atoms with Crippen molar-refractivity contribution >= 4 is 20.4 Å². The van der Waals surface area contributed by atoms with Gasteiger partial charge in [0.2, 0.25) is 0 Å². The maximum Gasteiger partial charge on any atom is 0.425 e. The minimum Gasteiger partial charge on any atom is -0.368 e. The number of hydrogen-bond acceptors (Lipinski definition) is 7. The molecule has 0 aromatic heterocycles. The van der Waals surface area contributed by atoms with Crippen molar-refractivity contribution in [3.05, 3.63) is 0 Å². The number of carbonyl (C=O) groups is 2. The molecule has 2 fully saturated rings. The van der Waals surface area contributed by atoms with Crippen LogP contribution in [0.3, 0.4) is 0 Å². The summed E-state index contributed by atoms with van der Waals surface area (Å²) in [6, 6.07) is -0.0146. The van der Waals surface area contributed by atoms with Gasteiger partial charge in [-0.05, 0) is 51.9 Å². The Hall–Kier alpha value is -1.31. The predicted octanol–water partition coefficient (Wildman–Crippen LogP) is 0.333. The summed E-state index contributed by atoms with van der Waals surface area (Å²) in [5.41, 5.74) is 0. The van der Waals surface area contributed by atoms with Crippen LogP contribution in [0.5, 0.6) is 0 Å². The molecule has 2 amide bonds. The maximum atomic E-state index is 11.5. The molecule has 0 atom stereocenters. The Labute approximate surface area is 129 Å². The van der Waals surface area contributed by atoms with E-state index in [1.165, 1.54) is 0 Å². The van der Waals surface area contributed by atoms with Crippen molar-refractivity contribution in [2.75, 3.05) is 26.2 Å². The van der Waals surface area contributed by atoms with E-state index in [0.29, 0.717) is 0 Å². The van der Waals surface area contributed by atoms with Gasteiger partial charge < -0.3 is 30.3 Å². The Morgan fingerprint density at radius 3 is 1.55 bits per heavy atom. The zero-order valence-electron chi connectivity index (χ0n) is 12.4. The zero-order chi connectivity index (χ0) is 15.8. The molecule has 2 aliphatic rings. The molecule has 126 valence electrons. The third-order valence-corrected chi connectivity index (χ3v) is 4.38. The van der Waals surface area contributed by atoms with Gasteiger partial charge in [0, 0.05) is 12.1 Å². The van der Waals surface area contributed by atoms with Gasteiger partial charge in [0.1, 0.15) is 0 Å². The topological polar surface area (TPSA) is 118 Å². The van der Waals surface area contributed by atoms with Crippen LogP contribution in [0.4, 0.5) is 9.59 Å². The summed E-state index contributed by atoms with van der Waals surface area (Å²) in [4.78, 5) is 23.1. The minimum atomic E-state index is -3.19. The van der Waals surface area contributed by atoms with E-state index in [-0.39, 0.29) is 12.1 Å². The summed E-state index contributed by atoms with van der Waals surface area (Å²) in [5.74, 6) is 0. The van der Waals surface area contributed by atoms with Gasteiger partial charge >= 0.3 is 20.4 Å². The highest BCUT2D eigenvalue weighted by atomic mass is 31.1. The van der Waals surface area contributed by atoms with Crippen molar-refractivity contribution in [3.8, 4) is 0 Å². The number of carbonyl (C=O) groups excluding carboxylic acids is 2. The first-order valence-corrected chi connectivity index (χ1v) is 8.78. The highest BCUT2D eigenvalue weighted by molar-refractivity contribution is 7.34. The normalized spacial score (nSPS) is 20.4. The molecule has 0 radical (unpaired) electrons. The summed E-state index contributed by atoms with van der Waals surface area (Å²) >= 11 is 0. The van der Waals surface area contributed by atoms with Crippen LogP contribution in [0.15, 0.2) is 0 Å². The molecular weight excluding hydrogens is 311 g/mol. The second-order valence-corrected chi connectivity index (χ2v) is 6.27. The van der Waals surface area contributed by atoms with Crippen molar-refractivity contribution in [2.24, 2.45) is 0 Å². The van der Waals surface area contributed by atoms with Gasteiger partial charge in [0.25, 0.3) is 0 Å². The number of nitrogens with one attached hydrogen (secondary N) is 4. The summed E-state index contributed by atoms with van der Waals surface area (Å²) in [5, 5.41) is 11.5. The second kappa shape index (κ2) is 8.97. The van der Waals surface area contributed by atoms with Gasteiger partial charge in [-0.3, -0.25) is 0 Å². The molecule has 0 saturated carbocycles. The third-order valence-electron chi connectivity index (χ3n) is 3.67. The molecule has 0 spiro atoms. The second-order valence-electron chi connectivity index (χ2n) is 5.37. The number of hydrogen-bond donors (Lipinski definition) is 4. The fourth-order valence-electron chi connectivity index (χ4n) is 2.50. The molecule has 2 rings (SSSR count). The van der Waals surface area contributed by atoms with Gasteiger partial charge in [0.05, 0.1) is 0 Å². The molecule has 0 unspecified atom stereocenters. The SMILES string of the molecule is O=C(NC1CCNCC1)O[PH](=O)OC(=O)NC1CCNCC1. The van der Waals surface area contributed by atoms with Crippen molar-refractivity contribution in [2.45, 2.75) is 37.8 Å². The minimum absolute atomic E-state index is 0.00730. The van der Waals surface area contributed by atoms with E-state index >= 15 is 0 Å². The summed E-state index contributed by atoms with van der Waals surface area (Å²) in [6.07, 6.45) is 1.51. The Morgan fingerprint density at radius 1 is 0.818 bits per heavy atom. The molecule has 2 saturated heterocycles. The first-order chi connectivity index (χ1) is 10.6. The summed E-state index contributed by atoms with van der Waals surface area (Å²) in [7, 11) is -3.19. The maximum absolute atomic E-state index is 11.5. The van der Waals surface area contributed by atoms with Gasteiger partial charge in [0.15, 0.2) is 0 Å². The highest BCUT2D eigenvalue weighted by Gasteiger charge is 2.21. The number of rotatable bonds is 4. The van der Waals surface area contributed by atoms with Crippen LogP contribution >= 0.6 is 8.25 Å². The van der Waals surface area contributed by atoms with Crippen molar-refractivity contribution < 1.29 is 23.2 Å². The molecule has 4 N–H and O–H groups in total. The Morgan fingerprint density at radius 2 is 1.18 bits per heavy atom. The lowest BCUT2D eigenvalue weighted by atomic mass is 10.1. The third kappa shape index (κ3) is 6.21. The standard InChI is InChI=1S/C12H23N4O5P/c17-11(15-9-1-5-13-6-2-9)20-22(19)21-12(18)16-10-3-7-14-8-4-10/h9-10,13-14,22H,1-8H2,(H,15,17)(H,16,18). The van der Waals surface area contributed by atoms with Crippen LogP contribution in [-0.2, 0) is 13.6 Å². The van der Waals surface area contributed by atoms with Crippen LogP contribution in [0.2, 0.25) is 0 Å². The zero-order valence-corrected chi connectivity index (χ0v) is 13.4. The fourth-order valence-corrected chi connectivity index (χ4v) is 2.96. The molecule has 9 nitrogen and oxygen atoms in total. The van der Waals surface area contributed by atoms with Crippen molar-refractivity contribution in [3.63, 3.8) is 0 Å². The highest BCUT2D eigenvalue weighted by Crippen LogP contribution is 2.24. The lowest BCUT2D eigenvalue weighted by molar-refractivity contribution is 0.174. The molecular formula is C12H23N4O5P. The van der Waals surface area contributed by atoms with Gasteiger partial charge in [-0.1, -0.05) is 0 Å². The molecule has 0 aromatic rings. The lowest BCUT2D eigenvalue weighted by Gasteiger charge is -2.23. The molecule has 0 bridgehead atoms. The van der Waals surface area contributed by atoms with Crippen LogP contribution < -0.4 is 21.3 Å². The predicted molar refractivity (Wildman–Crippen MR) is 80.0 cm³/mol. The van der Waals surface area contributed by atoms with E-state index in [2.05, 4.69) is 30.3 Å².